The van der Waals surface area contributed by atoms with Gasteiger partial charge in [0.05, 0.1) is 17.4 Å². The lowest BCUT2D eigenvalue weighted by atomic mass is 9.99. The lowest BCUT2D eigenvalue weighted by Gasteiger charge is -2.27. The third kappa shape index (κ3) is 6.07. The molecule has 4 heteroatoms. The van der Waals surface area contributed by atoms with Crippen molar-refractivity contribution in [2.45, 2.75) is 54.0 Å². The first-order valence-corrected chi connectivity index (χ1v) is 13.8. The zero-order chi connectivity index (χ0) is 26.4. The van der Waals surface area contributed by atoms with E-state index in [1.807, 2.05) is 0 Å². The van der Waals surface area contributed by atoms with Gasteiger partial charge in [-0.2, -0.15) is 5.10 Å². The lowest BCUT2D eigenvalue weighted by molar-refractivity contribution is 0.706. The Morgan fingerprint density at radius 2 is 1.32 bits per heavy atom. The molecule has 0 saturated carbocycles. The normalized spacial score (nSPS) is 15.4. The molecular weight excluding hydrogens is 452 g/mol. The lowest BCUT2D eigenvalue weighted by Crippen LogP contribution is -2.22. The molecule has 4 nitrogen and oxygen atoms in total. The summed E-state index contributed by atoms with van der Waals surface area (Å²) in [4.78, 5) is 4.75. The molecule has 1 atom stereocenters. The molecule has 0 N–H and O–H groups in total. The summed E-state index contributed by atoms with van der Waals surface area (Å²) in [5, 5.41) is 7.35. The molecule has 0 bridgehead atoms. The van der Waals surface area contributed by atoms with Crippen LogP contribution in [0.25, 0.3) is 6.08 Å². The van der Waals surface area contributed by atoms with Crippen molar-refractivity contribution in [1.29, 1.82) is 0 Å². The van der Waals surface area contributed by atoms with Crippen LogP contribution in [0, 0.1) is 13.8 Å². The van der Waals surface area contributed by atoms with Crippen molar-refractivity contribution in [1.82, 2.24) is 0 Å². The van der Waals surface area contributed by atoms with Crippen LogP contribution in [0.15, 0.2) is 77.9 Å². The number of hydrazone groups is 1. The molecular formula is C33H42N4. The van der Waals surface area contributed by atoms with Gasteiger partial charge in [0.15, 0.2) is 0 Å². The van der Waals surface area contributed by atoms with Crippen molar-refractivity contribution in [3.8, 4) is 0 Å². The minimum absolute atomic E-state index is 0.178. The Balaban J connectivity index is 1.61. The fraction of sp³-hybridized carbons (Fsp3) is 0.364. The van der Waals surface area contributed by atoms with Crippen LogP contribution in [0.2, 0.25) is 0 Å². The van der Waals surface area contributed by atoms with Gasteiger partial charge in [-0.05, 0) is 94.6 Å². The summed E-state index contributed by atoms with van der Waals surface area (Å²) >= 11 is 0. The van der Waals surface area contributed by atoms with Crippen molar-refractivity contribution in [2.24, 2.45) is 5.10 Å². The zero-order valence-electron chi connectivity index (χ0n) is 23.4. The molecule has 0 saturated heterocycles. The van der Waals surface area contributed by atoms with Gasteiger partial charge in [0.2, 0.25) is 0 Å². The fourth-order valence-electron chi connectivity index (χ4n) is 5.25. The highest BCUT2D eigenvalue weighted by molar-refractivity contribution is 6.01. The largest absolute Gasteiger partial charge is 0.372 e. The molecule has 1 heterocycles. The van der Waals surface area contributed by atoms with Crippen molar-refractivity contribution >= 4 is 28.8 Å². The summed E-state index contributed by atoms with van der Waals surface area (Å²) in [6, 6.07) is 24.7. The molecule has 3 aromatic rings. The van der Waals surface area contributed by atoms with E-state index in [0.29, 0.717) is 0 Å². The molecule has 1 aliphatic heterocycles. The minimum Gasteiger partial charge on any atom is -0.372 e. The van der Waals surface area contributed by atoms with Gasteiger partial charge in [0.1, 0.15) is 0 Å². The summed E-state index contributed by atoms with van der Waals surface area (Å²) in [5.41, 5.74) is 9.86. The first kappa shape index (κ1) is 26.5. The van der Waals surface area contributed by atoms with Gasteiger partial charge >= 0.3 is 0 Å². The van der Waals surface area contributed by atoms with E-state index in [0.717, 1.165) is 38.3 Å². The molecule has 0 spiro atoms. The Labute approximate surface area is 223 Å². The molecule has 0 aliphatic carbocycles. The number of nitrogens with zero attached hydrogens (tertiary/aromatic N) is 4. The van der Waals surface area contributed by atoms with E-state index in [-0.39, 0.29) is 6.04 Å². The van der Waals surface area contributed by atoms with Crippen LogP contribution in [0.5, 0.6) is 0 Å². The average Bonchev–Trinajstić information content (AvgIpc) is 3.34. The van der Waals surface area contributed by atoms with Crippen LogP contribution in [0.1, 0.15) is 62.4 Å². The number of benzene rings is 3. The summed E-state index contributed by atoms with van der Waals surface area (Å²) in [5.74, 6) is 0. The van der Waals surface area contributed by atoms with Gasteiger partial charge in [-0.1, -0.05) is 48.0 Å². The topological polar surface area (TPSA) is 22.1 Å². The smallest absolute Gasteiger partial charge is 0.0831 e. The predicted molar refractivity (Wildman–Crippen MR) is 162 cm³/mol. The van der Waals surface area contributed by atoms with E-state index in [1.165, 1.54) is 39.3 Å². The molecule has 4 rings (SSSR count). The standard InChI is InChI=1S/C33H42N4/c1-7-35(8-2)30-18-13-27(14-19-30)12-17-29-24-33(28-15-20-31(21-16-28)36(9-3)10-4)37(34-29)32-22-11-25(5)23-26(32)6/h11-23,33H,7-10,24H2,1-6H3. The third-order valence-corrected chi connectivity index (χ3v) is 7.43. The molecule has 0 radical (unpaired) electrons. The monoisotopic (exact) mass is 494 g/mol. The van der Waals surface area contributed by atoms with Crippen LogP contribution < -0.4 is 14.8 Å². The maximum Gasteiger partial charge on any atom is 0.0831 e. The Hall–Kier alpha value is -3.53. The minimum atomic E-state index is 0.178. The molecule has 0 aromatic heterocycles. The van der Waals surface area contributed by atoms with Crippen molar-refractivity contribution in [2.75, 3.05) is 41.0 Å². The van der Waals surface area contributed by atoms with Gasteiger partial charge in [-0.25, -0.2) is 0 Å². The number of allylic oxidation sites excluding steroid dienone is 1. The second kappa shape index (κ2) is 12.1. The van der Waals surface area contributed by atoms with E-state index >= 15 is 0 Å². The first-order chi connectivity index (χ1) is 18.0. The number of hydrogen-bond donors (Lipinski definition) is 0. The molecule has 3 aromatic carbocycles. The van der Waals surface area contributed by atoms with Crippen LogP contribution in [0.4, 0.5) is 17.1 Å². The maximum atomic E-state index is 5.13. The van der Waals surface area contributed by atoms with Gasteiger partial charge in [-0.15, -0.1) is 0 Å². The summed E-state index contributed by atoms with van der Waals surface area (Å²) in [6.07, 6.45) is 5.26. The van der Waals surface area contributed by atoms with E-state index in [4.69, 9.17) is 5.10 Å². The van der Waals surface area contributed by atoms with Gasteiger partial charge in [-0.3, -0.25) is 5.01 Å². The number of anilines is 3. The summed E-state index contributed by atoms with van der Waals surface area (Å²) < 4.78 is 0. The quantitative estimate of drug-likeness (QED) is 0.285. The fourth-order valence-corrected chi connectivity index (χ4v) is 5.25. The van der Waals surface area contributed by atoms with E-state index in [9.17, 15) is 0 Å². The highest BCUT2D eigenvalue weighted by Gasteiger charge is 2.29. The van der Waals surface area contributed by atoms with Crippen LogP contribution >= 0.6 is 0 Å². The van der Waals surface area contributed by atoms with Crippen LogP contribution in [-0.2, 0) is 0 Å². The Morgan fingerprint density at radius 1 is 0.757 bits per heavy atom. The summed E-state index contributed by atoms with van der Waals surface area (Å²) in [6.45, 7) is 17.2. The number of hydrogen-bond acceptors (Lipinski definition) is 4. The molecule has 1 unspecified atom stereocenters. The first-order valence-electron chi connectivity index (χ1n) is 13.8. The Bertz CT molecular complexity index is 1220. The van der Waals surface area contributed by atoms with Gasteiger partial charge in [0, 0.05) is 44.0 Å². The average molecular weight is 495 g/mol. The molecule has 1 aliphatic rings. The van der Waals surface area contributed by atoms with E-state index in [1.54, 1.807) is 0 Å². The molecule has 0 amide bonds. The zero-order valence-corrected chi connectivity index (χ0v) is 23.4. The number of aryl methyl sites for hydroxylation is 2. The van der Waals surface area contributed by atoms with Crippen molar-refractivity contribution in [3.05, 3.63) is 95.1 Å². The molecule has 37 heavy (non-hydrogen) atoms. The SMILES string of the molecule is CCN(CC)c1ccc(C=CC2=NN(c3ccc(C)cc3C)C(c3ccc(N(CC)CC)cc3)C2)cc1. The van der Waals surface area contributed by atoms with Crippen LogP contribution in [0.3, 0.4) is 0 Å². The second-order valence-corrected chi connectivity index (χ2v) is 9.81. The third-order valence-electron chi connectivity index (χ3n) is 7.43. The molecule has 0 fully saturated rings. The Morgan fingerprint density at radius 3 is 1.86 bits per heavy atom. The van der Waals surface area contributed by atoms with Crippen molar-refractivity contribution in [3.63, 3.8) is 0 Å². The predicted octanol–water partition coefficient (Wildman–Crippen LogP) is 8.02. The molecule has 194 valence electrons. The Kier molecular flexibility index (Phi) is 8.70. The van der Waals surface area contributed by atoms with Crippen molar-refractivity contribution < 1.29 is 0 Å². The second-order valence-electron chi connectivity index (χ2n) is 9.81. The van der Waals surface area contributed by atoms with Crippen LogP contribution in [-0.4, -0.2) is 31.9 Å². The number of rotatable bonds is 10. The van der Waals surface area contributed by atoms with Gasteiger partial charge in [0.25, 0.3) is 0 Å². The highest BCUT2D eigenvalue weighted by atomic mass is 15.5. The van der Waals surface area contributed by atoms with E-state index in [2.05, 4.69) is 135 Å². The van der Waals surface area contributed by atoms with E-state index < -0.39 is 0 Å². The highest BCUT2D eigenvalue weighted by Crippen LogP contribution is 2.38. The maximum absolute atomic E-state index is 5.13. The van der Waals surface area contributed by atoms with Gasteiger partial charge < -0.3 is 9.80 Å². The summed E-state index contributed by atoms with van der Waals surface area (Å²) in [7, 11) is 0.